The van der Waals surface area contributed by atoms with E-state index in [1.54, 1.807) is 6.92 Å². The molecular weight excluding hydrogens is 232 g/mol. The second-order valence-electron chi connectivity index (χ2n) is 5.46. The molecule has 5 heteroatoms. The van der Waals surface area contributed by atoms with Gasteiger partial charge < -0.3 is 15.7 Å². The maximum atomic E-state index is 12.2. The first kappa shape index (κ1) is 15.0. The second kappa shape index (κ2) is 5.69. The van der Waals surface area contributed by atoms with Gasteiger partial charge in [0.15, 0.2) is 0 Å². The summed E-state index contributed by atoms with van der Waals surface area (Å²) in [5.74, 6) is -0.878. The summed E-state index contributed by atoms with van der Waals surface area (Å²) < 4.78 is 0. The standard InChI is InChI=1S/C13H24N2O3/c1-4-12(3,11(17)18)8-15-10(16)13(5-2)6-7-14-9-13/h14H,4-9H2,1-3H3,(H,15,16)(H,17,18). The van der Waals surface area contributed by atoms with E-state index in [0.29, 0.717) is 13.0 Å². The molecule has 3 N–H and O–H groups in total. The first-order valence-electron chi connectivity index (χ1n) is 6.62. The van der Waals surface area contributed by atoms with Gasteiger partial charge in [0, 0.05) is 13.1 Å². The Kier molecular flexibility index (Phi) is 4.73. The molecule has 0 aliphatic carbocycles. The normalized spacial score (nSPS) is 26.6. The second-order valence-corrected chi connectivity index (χ2v) is 5.46. The molecule has 0 aromatic carbocycles. The number of rotatable bonds is 6. The largest absolute Gasteiger partial charge is 0.481 e. The molecule has 18 heavy (non-hydrogen) atoms. The Labute approximate surface area is 108 Å². The Balaban J connectivity index is 2.62. The van der Waals surface area contributed by atoms with Crippen molar-refractivity contribution in [3.63, 3.8) is 0 Å². The van der Waals surface area contributed by atoms with Crippen LogP contribution in [-0.4, -0.2) is 36.6 Å². The molecule has 0 bridgehead atoms. The molecule has 1 fully saturated rings. The molecule has 0 spiro atoms. The number of carbonyl (C=O) groups excluding carboxylic acids is 1. The van der Waals surface area contributed by atoms with Crippen molar-refractivity contribution in [1.29, 1.82) is 0 Å². The highest BCUT2D eigenvalue weighted by Crippen LogP contribution is 2.30. The van der Waals surface area contributed by atoms with Gasteiger partial charge in [-0.15, -0.1) is 0 Å². The summed E-state index contributed by atoms with van der Waals surface area (Å²) >= 11 is 0. The van der Waals surface area contributed by atoms with E-state index in [4.69, 9.17) is 5.11 Å². The van der Waals surface area contributed by atoms with E-state index in [2.05, 4.69) is 10.6 Å². The molecule has 1 aliphatic heterocycles. The summed E-state index contributed by atoms with van der Waals surface area (Å²) in [6.07, 6.45) is 2.10. The highest BCUT2D eigenvalue weighted by Gasteiger charge is 2.41. The first-order chi connectivity index (χ1) is 8.40. The van der Waals surface area contributed by atoms with Crippen molar-refractivity contribution >= 4 is 11.9 Å². The van der Waals surface area contributed by atoms with Crippen LogP contribution in [0.25, 0.3) is 0 Å². The third-order valence-corrected chi connectivity index (χ3v) is 4.34. The molecule has 1 heterocycles. The monoisotopic (exact) mass is 256 g/mol. The fourth-order valence-electron chi connectivity index (χ4n) is 2.21. The first-order valence-corrected chi connectivity index (χ1v) is 6.62. The zero-order chi connectivity index (χ0) is 13.8. The number of amides is 1. The molecule has 1 aliphatic rings. The molecule has 0 radical (unpaired) electrons. The SMILES string of the molecule is CCC(C)(CNC(=O)C1(CC)CCNC1)C(=O)O. The van der Waals surface area contributed by atoms with Gasteiger partial charge in [0.25, 0.3) is 0 Å². The summed E-state index contributed by atoms with van der Waals surface area (Å²) in [7, 11) is 0. The molecule has 5 nitrogen and oxygen atoms in total. The van der Waals surface area contributed by atoms with Crippen LogP contribution in [0.3, 0.4) is 0 Å². The van der Waals surface area contributed by atoms with Crippen LogP contribution in [0.1, 0.15) is 40.0 Å². The average molecular weight is 256 g/mol. The highest BCUT2D eigenvalue weighted by molar-refractivity contribution is 5.84. The van der Waals surface area contributed by atoms with Gasteiger partial charge in [-0.05, 0) is 32.7 Å². The Morgan fingerprint density at radius 1 is 1.44 bits per heavy atom. The number of carbonyl (C=O) groups is 2. The number of carboxylic acid groups (broad SMARTS) is 1. The van der Waals surface area contributed by atoms with Crippen molar-refractivity contribution < 1.29 is 14.7 Å². The number of aliphatic carboxylic acids is 1. The van der Waals surface area contributed by atoms with Crippen molar-refractivity contribution in [2.24, 2.45) is 10.8 Å². The van der Waals surface area contributed by atoms with Gasteiger partial charge in [-0.25, -0.2) is 0 Å². The average Bonchev–Trinajstić information content (AvgIpc) is 2.85. The van der Waals surface area contributed by atoms with Crippen LogP contribution >= 0.6 is 0 Å². The van der Waals surface area contributed by atoms with Crippen LogP contribution in [0.2, 0.25) is 0 Å². The Hall–Kier alpha value is -1.10. The van der Waals surface area contributed by atoms with Crippen molar-refractivity contribution in [1.82, 2.24) is 10.6 Å². The summed E-state index contributed by atoms with van der Waals surface area (Å²) in [4.78, 5) is 23.4. The Morgan fingerprint density at radius 2 is 2.11 bits per heavy atom. The number of carboxylic acids is 1. The maximum Gasteiger partial charge on any atom is 0.311 e. The minimum absolute atomic E-state index is 0.0177. The van der Waals surface area contributed by atoms with Gasteiger partial charge in [0.1, 0.15) is 0 Å². The molecule has 1 saturated heterocycles. The molecule has 0 aromatic rings. The van der Waals surface area contributed by atoms with E-state index in [-0.39, 0.29) is 17.9 Å². The van der Waals surface area contributed by atoms with Gasteiger partial charge in [-0.3, -0.25) is 9.59 Å². The third-order valence-electron chi connectivity index (χ3n) is 4.34. The fourth-order valence-corrected chi connectivity index (χ4v) is 2.21. The third kappa shape index (κ3) is 2.83. The lowest BCUT2D eigenvalue weighted by Gasteiger charge is -2.29. The van der Waals surface area contributed by atoms with Crippen LogP contribution in [0.15, 0.2) is 0 Å². The van der Waals surface area contributed by atoms with Gasteiger partial charge in [-0.2, -0.15) is 0 Å². The van der Waals surface area contributed by atoms with Gasteiger partial charge in [0.05, 0.1) is 10.8 Å². The lowest BCUT2D eigenvalue weighted by molar-refractivity contribution is -0.148. The van der Waals surface area contributed by atoms with E-state index < -0.39 is 11.4 Å². The summed E-state index contributed by atoms with van der Waals surface area (Å²) in [5, 5.41) is 15.2. The predicted molar refractivity (Wildman–Crippen MR) is 69.3 cm³/mol. The molecule has 0 saturated carbocycles. The molecule has 104 valence electrons. The lowest BCUT2D eigenvalue weighted by Crippen LogP contribution is -2.47. The van der Waals surface area contributed by atoms with Gasteiger partial charge >= 0.3 is 5.97 Å². The minimum Gasteiger partial charge on any atom is -0.481 e. The fraction of sp³-hybridized carbons (Fsp3) is 0.846. The van der Waals surface area contributed by atoms with Gasteiger partial charge in [0.2, 0.25) is 5.91 Å². The van der Waals surface area contributed by atoms with Crippen LogP contribution in [-0.2, 0) is 9.59 Å². The van der Waals surface area contributed by atoms with E-state index in [9.17, 15) is 9.59 Å². The van der Waals surface area contributed by atoms with Crippen molar-refractivity contribution in [3.05, 3.63) is 0 Å². The zero-order valence-electron chi connectivity index (χ0n) is 11.5. The van der Waals surface area contributed by atoms with E-state index in [1.165, 1.54) is 0 Å². The lowest BCUT2D eigenvalue weighted by atomic mass is 9.82. The maximum absolute atomic E-state index is 12.2. The molecule has 1 rings (SSSR count). The van der Waals surface area contributed by atoms with Crippen molar-refractivity contribution in [3.8, 4) is 0 Å². The number of hydrogen-bond acceptors (Lipinski definition) is 3. The predicted octanol–water partition coefficient (Wildman–Crippen LogP) is 0.993. The highest BCUT2D eigenvalue weighted by atomic mass is 16.4. The molecule has 0 aromatic heterocycles. The summed E-state index contributed by atoms with van der Waals surface area (Å²) in [6, 6.07) is 0. The van der Waals surface area contributed by atoms with Gasteiger partial charge in [-0.1, -0.05) is 13.8 Å². The summed E-state index contributed by atoms with van der Waals surface area (Å²) in [6.45, 7) is 7.23. The molecular formula is C13H24N2O3. The van der Waals surface area contributed by atoms with Crippen LogP contribution in [0.4, 0.5) is 0 Å². The summed E-state index contributed by atoms with van der Waals surface area (Å²) in [5.41, 5.74) is -1.23. The quantitative estimate of drug-likeness (QED) is 0.662. The van der Waals surface area contributed by atoms with E-state index >= 15 is 0 Å². The Bertz CT molecular complexity index is 324. The topological polar surface area (TPSA) is 78.4 Å². The van der Waals surface area contributed by atoms with Crippen molar-refractivity contribution in [2.75, 3.05) is 19.6 Å². The molecule has 1 amide bonds. The zero-order valence-corrected chi connectivity index (χ0v) is 11.5. The van der Waals surface area contributed by atoms with E-state index in [1.807, 2.05) is 13.8 Å². The Morgan fingerprint density at radius 3 is 2.50 bits per heavy atom. The minimum atomic E-state index is -0.878. The van der Waals surface area contributed by atoms with Crippen LogP contribution in [0.5, 0.6) is 0 Å². The molecule has 2 atom stereocenters. The van der Waals surface area contributed by atoms with Crippen LogP contribution < -0.4 is 10.6 Å². The number of hydrogen-bond donors (Lipinski definition) is 3. The van der Waals surface area contributed by atoms with E-state index in [0.717, 1.165) is 19.4 Å². The molecule has 2 unspecified atom stereocenters. The number of nitrogens with one attached hydrogen (secondary N) is 2. The van der Waals surface area contributed by atoms with Crippen molar-refractivity contribution in [2.45, 2.75) is 40.0 Å². The van der Waals surface area contributed by atoms with Crippen LogP contribution in [0, 0.1) is 10.8 Å². The smallest absolute Gasteiger partial charge is 0.311 e.